The highest BCUT2D eigenvalue weighted by molar-refractivity contribution is 6.00. The molecule has 0 radical (unpaired) electrons. The van der Waals surface area contributed by atoms with E-state index in [1.54, 1.807) is 32.6 Å². The van der Waals surface area contributed by atoms with Crippen LogP contribution in [0.25, 0.3) is 10.9 Å². The minimum absolute atomic E-state index is 0.144. The summed E-state index contributed by atoms with van der Waals surface area (Å²) in [7, 11) is 3.36. The molecular weight excluding hydrogens is 316 g/mol. The number of amides is 2. The van der Waals surface area contributed by atoms with Crippen LogP contribution in [-0.4, -0.2) is 46.8 Å². The average molecular weight is 336 g/mol. The number of carbonyl (C=O) groups is 2. The van der Waals surface area contributed by atoms with E-state index in [4.69, 9.17) is 0 Å². The number of aromatic nitrogens is 2. The number of carbonyl (C=O) groups excluding carboxylic acids is 2. The molecule has 2 heterocycles. The minimum atomic E-state index is -0.630. The van der Waals surface area contributed by atoms with Crippen LogP contribution in [-0.2, 0) is 11.2 Å². The number of hydrogen-bond acceptors (Lipinski definition) is 3. The zero-order valence-electron chi connectivity index (χ0n) is 14.2. The monoisotopic (exact) mass is 336 g/mol. The summed E-state index contributed by atoms with van der Waals surface area (Å²) in [4.78, 5) is 33.6. The van der Waals surface area contributed by atoms with Crippen LogP contribution in [0.2, 0.25) is 0 Å². The molecule has 0 bridgehead atoms. The van der Waals surface area contributed by atoms with Crippen molar-refractivity contribution in [2.45, 2.75) is 12.5 Å². The van der Waals surface area contributed by atoms with Crippen molar-refractivity contribution in [3.8, 4) is 0 Å². The van der Waals surface area contributed by atoms with E-state index in [2.05, 4.69) is 15.3 Å². The summed E-state index contributed by atoms with van der Waals surface area (Å²) in [6.07, 6.45) is 3.77. The molecule has 1 atom stereocenters. The van der Waals surface area contributed by atoms with E-state index in [1.807, 2.05) is 36.4 Å². The summed E-state index contributed by atoms with van der Waals surface area (Å²) in [5.41, 5.74) is 2.18. The lowest BCUT2D eigenvalue weighted by atomic mass is 10.0. The molecule has 2 aromatic heterocycles. The van der Waals surface area contributed by atoms with Crippen molar-refractivity contribution in [3.63, 3.8) is 0 Å². The van der Waals surface area contributed by atoms with Crippen LogP contribution < -0.4 is 5.32 Å². The number of H-pyrrole nitrogens is 1. The third kappa shape index (κ3) is 3.85. The zero-order chi connectivity index (χ0) is 17.8. The highest BCUT2D eigenvalue weighted by Crippen LogP contribution is 2.14. The van der Waals surface area contributed by atoms with Crippen molar-refractivity contribution in [1.29, 1.82) is 0 Å². The van der Waals surface area contributed by atoms with Gasteiger partial charge in [0.1, 0.15) is 11.7 Å². The molecule has 0 saturated carbocycles. The first-order valence-corrected chi connectivity index (χ1v) is 8.03. The van der Waals surface area contributed by atoms with Gasteiger partial charge in [0.15, 0.2) is 0 Å². The molecule has 6 nitrogen and oxygen atoms in total. The van der Waals surface area contributed by atoms with Gasteiger partial charge in [0, 0.05) is 32.1 Å². The van der Waals surface area contributed by atoms with Gasteiger partial charge in [0.05, 0.1) is 11.7 Å². The van der Waals surface area contributed by atoms with Crippen LogP contribution in [0.4, 0.5) is 0 Å². The van der Waals surface area contributed by atoms with Crippen molar-refractivity contribution >= 4 is 22.7 Å². The molecule has 1 aromatic carbocycles. The Hall–Kier alpha value is -3.15. The van der Waals surface area contributed by atoms with Crippen LogP contribution in [0.1, 0.15) is 16.1 Å². The molecule has 6 heteroatoms. The number of nitrogens with zero attached hydrogens (tertiary/aromatic N) is 2. The molecule has 2 N–H and O–H groups in total. The molecule has 1 unspecified atom stereocenters. The lowest BCUT2D eigenvalue weighted by Crippen LogP contribution is -2.47. The SMILES string of the molecule is CN(C)C(=O)C(Cc1ccccc1)NC(=O)c1cc2ccncc2[nH]1. The first-order valence-electron chi connectivity index (χ1n) is 8.03. The second kappa shape index (κ2) is 7.17. The summed E-state index contributed by atoms with van der Waals surface area (Å²) in [5, 5.41) is 3.74. The van der Waals surface area contributed by atoms with Crippen molar-refractivity contribution in [2.75, 3.05) is 14.1 Å². The number of hydrogen-bond donors (Lipinski definition) is 2. The fraction of sp³-hybridized carbons (Fsp3) is 0.211. The Bertz CT molecular complexity index is 854. The van der Waals surface area contributed by atoms with E-state index in [9.17, 15) is 9.59 Å². The van der Waals surface area contributed by atoms with E-state index in [1.165, 1.54) is 4.90 Å². The lowest BCUT2D eigenvalue weighted by Gasteiger charge is -2.21. The Morgan fingerprint density at radius 1 is 1.20 bits per heavy atom. The lowest BCUT2D eigenvalue weighted by molar-refractivity contribution is -0.130. The number of likely N-dealkylation sites (N-methyl/N-ethyl adjacent to an activating group) is 1. The number of nitrogens with one attached hydrogen (secondary N) is 2. The molecule has 128 valence electrons. The largest absolute Gasteiger partial charge is 0.349 e. The maximum absolute atomic E-state index is 12.6. The number of aromatic amines is 1. The summed E-state index contributed by atoms with van der Waals surface area (Å²) < 4.78 is 0. The van der Waals surface area contributed by atoms with Gasteiger partial charge in [-0.3, -0.25) is 14.6 Å². The number of pyridine rings is 1. The molecule has 3 rings (SSSR count). The minimum Gasteiger partial charge on any atom is -0.349 e. The summed E-state index contributed by atoms with van der Waals surface area (Å²) in [6.45, 7) is 0. The van der Waals surface area contributed by atoms with Gasteiger partial charge in [0.2, 0.25) is 5.91 Å². The third-order valence-corrected chi connectivity index (χ3v) is 4.00. The third-order valence-electron chi connectivity index (χ3n) is 4.00. The van der Waals surface area contributed by atoms with Crippen LogP contribution in [0.15, 0.2) is 54.9 Å². The predicted molar refractivity (Wildman–Crippen MR) is 96.2 cm³/mol. The second-order valence-corrected chi connectivity index (χ2v) is 6.09. The summed E-state index contributed by atoms with van der Waals surface area (Å²) >= 11 is 0. The van der Waals surface area contributed by atoms with Crippen molar-refractivity contribution in [1.82, 2.24) is 20.2 Å². The molecule has 0 spiro atoms. The smallest absolute Gasteiger partial charge is 0.268 e. The molecule has 0 fully saturated rings. The number of rotatable bonds is 5. The van der Waals surface area contributed by atoms with Gasteiger partial charge < -0.3 is 15.2 Å². The molecule has 0 aliphatic rings. The maximum Gasteiger partial charge on any atom is 0.268 e. The van der Waals surface area contributed by atoms with E-state index >= 15 is 0 Å². The Morgan fingerprint density at radius 3 is 2.64 bits per heavy atom. The molecule has 0 saturated heterocycles. The molecule has 0 aliphatic carbocycles. The summed E-state index contributed by atoms with van der Waals surface area (Å²) in [6, 6.07) is 12.6. The Balaban J connectivity index is 1.81. The standard InChI is InChI=1S/C19H20N4O2/c1-23(2)19(25)16(10-13-6-4-3-5-7-13)22-18(24)15-11-14-8-9-20-12-17(14)21-15/h3-9,11-12,16,21H,10H2,1-2H3,(H,22,24). The molecule has 2 amide bonds. The Labute approximate surface area is 145 Å². The van der Waals surface area contributed by atoms with E-state index < -0.39 is 6.04 Å². The van der Waals surface area contributed by atoms with Crippen LogP contribution >= 0.6 is 0 Å². The first-order chi connectivity index (χ1) is 12.0. The van der Waals surface area contributed by atoms with Gasteiger partial charge in [-0.1, -0.05) is 30.3 Å². The number of fused-ring (bicyclic) bond motifs is 1. The van der Waals surface area contributed by atoms with Crippen molar-refractivity contribution in [2.24, 2.45) is 0 Å². The van der Waals surface area contributed by atoms with Gasteiger partial charge >= 0.3 is 0 Å². The highest BCUT2D eigenvalue weighted by Gasteiger charge is 2.24. The normalized spacial score (nSPS) is 11.9. The summed E-state index contributed by atoms with van der Waals surface area (Å²) in [5.74, 6) is -0.456. The fourth-order valence-corrected chi connectivity index (χ4v) is 2.69. The topological polar surface area (TPSA) is 78.1 Å². The molecule has 25 heavy (non-hydrogen) atoms. The number of benzene rings is 1. The predicted octanol–water partition coefficient (Wildman–Crippen LogP) is 1.99. The van der Waals surface area contributed by atoms with Gasteiger partial charge in [0.25, 0.3) is 5.91 Å². The Morgan fingerprint density at radius 2 is 1.96 bits per heavy atom. The van der Waals surface area contributed by atoms with Crippen LogP contribution in [0.3, 0.4) is 0 Å². The van der Waals surface area contributed by atoms with Gasteiger partial charge in [-0.15, -0.1) is 0 Å². The van der Waals surface area contributed by atoms with E-state index in [-0.39, 0.29) is 11.8 Å². The average Bonchev–Trinajstić information content (AvgIpc) is 3.05. The quantitative estimate of drug-likeness (QED) is 0.748. The van der Waals surface area contributed by atoms with Gasteiger partial charge in [-0.2, -0.15) is 0 Å². The van der Waals surface area contributed by atoms with Crippen LogP contribution in [0, 0.1) is 0 Å². The van der Waals surface area contributed by atoms with Crippen molar-refractivity contribution in [3.05, 3.63) is 66.1 Å². The van der Waals surface area contributed by atoms with E-state index in [0.29, 0.717) is 12.1 Å². The van der Waals surface area contributed by atoms with Crippen molar-refractivity contribution < 1.29 is 9.59 Å². The zero-order valence-corrected chi connectivity index (χ0v) is 14.2. The molecular formula is C19H20N4O2. The molecule has 0 aliphatic heterocycles. The highest BCUT2D eigenvalue weighted by atomic mass is 16.2. The first kappa shape index (κ1) is 16.7. The van der Waals surface area contributed by atoms with Crippen LogP contribution in [0.5, 0.6) is 0 Å². The Kier molecular flexibility index (Phi) is 4.79. The second-order valence-electron chi connectivity index (χ2n) is 6.09. The van der Waals surface area contributed by atoms with Gasteiger partial charge in [-0.25, -0.2) is 0 Å². The van der Waals surface area contributed by atoms with Gasteiger partial charge in [-0.05, 0) is 17.7 Å². The van der Waals surface area contributed by atoms with E-state index in [0.717, 1.165) is 16.5 Å². The molecule has 3 aromatic rings. The fourth-order valence-electron chi connectivity index (χ4n) is 2.69. The maximum atomic E-state index is 12.6.